The van der Waals surface area contributed by atoms with Gasteiger partial charge >= 0.3 is 0 Å². The monoisotopic (exact) mass is 888 g/mol. The van der Waals surface area contributed by atoms with E-state index in [1.165, 1.54) is 64.7 Å². The number of thiophene rings is 1. The zero-order chi connectivity index (χ0) is 45.1. The Morgan fingerprint density at radius 2 is 0.882 bits per heavy atom. The van der Waals surface area contributed by atoms with Crippen LogP contribution in [-0.4, -0.2) is 0 Å². The van der Waals surface area contributed by atoms with E-state index < -0.39 is 5.41 Å². The van der Waals surface area contributed by atoms with Crippen LogP contribution in [-0.2, 0) is 10.8 Å². The maximum absolute atomic E-state index is 6.66. The molecule has 0 fully saturated rings. The molecule has 2 aliphatic carbocycles. The Morgan fingerprint density at radius 3 is 1.60 bits per heavy atom. The van der Waals surface area contributed by atoms with Gasteiger partial charge in [0.1, 0.15) is 11.5 Å². The molecule has 3 aliphatic rings. The predicted molar refractivity (Wildman–Crippen MR) is 284 cm³/mol. The van der Waals surface area contributed by atoms with Crippen molar-refractivity contribution < 1.29 is 4.74 Å². The van der Waals surface area contributed by atoms with Crippen LogP contribution in [0, 0.1) is 0 Å². The molecule has 11 aromatic rings. The van der Waals surface area contributed by atoms with Crippen molar-refractivity contribution >= 4 is 65.6 Å². The summed E-state index contributed by atoms with van der Waals surface area (Å²) in [7, 11) is 0. The third-order valence-electron chi connectivity index (χ3n) is 14.9. The lowest BCUT2D eigenvalue weighted by atomic mass is 9.66. The highest BCUT2D eigenvalue weighted by Gasteiger charge is 2.51. The summed E-state index contributed by atoms with van der Waals surface area (Å²) < 4.78 is 9.16. The van der Waals surface area contributed by atoms with E-state index in [2.05, 4.69) is 254 Å². The number of ether oxygens (including phenoxy) is 1. The van der Waals surface area contributed by atoms with Gasteiger partial charge in [-0.1, -0.05) is 166 Å². The van der Waals surface area contributed by atoms with E-state index in [1.54, 1.807) is 0 Å². The van der Waals surface area contributed by atoms with E-state index in [0.717, 1.165) is 56.8 Å². The zero-order valence-electron chi connectivity index (χ0n) is 37.7. The lowest BCUT2D eigenvalue weighted by Gasteiger charge is -2.39. The normalized spacial score (nSPS) is 14.1. The first-order chi connectivity index (χ1) is 33.5. The number of rotatable bonds is 6. The molecule has 10 aromatic carbocycles. The Balaban J connectivity index is 1.02. The van der Waals surface area contributed by atoms with E-state index in [-0.39, 0.29) is 5.41 Å². The van der Waals surface area contributed by atoms with E-state index >= 15 is 0 Å². The van der Waals surface area contributed by atoms with Gasteiger partial charge in [-0.05, 0) is 123 Å². The number of para-hydroxylation sites is 4. The summed E-state index contributed by atoms with van der Waals surface area (Å²) in [5.41, 5.74) is 18.6. The number of fused-ring (bicyclic) bond motifs is 15. The summed E-state index contributed by atoms with van der Waals surface area (Å²) in [6.07, 6.45) is 0. The molecule has 0 saturated heterocycles. The molecule has 14 rings (SSSR count). The first-order valence-electron chi connectivity index (χ1n) is 23.5. The van der Waals surface area contributed by atoms with Crippen molar-refractivity contribution in [3.8, 4) is 33.8 Å². The maximum atomic E-state index is 6.66. The molecule has 322 valence electrons. The Hall–Kier alpha value is -8.18. The van der Waals surface area contributed by atoms with Crippen LogP contribution < -0.4 is 14.5 Å². The van der Waals surface area contributed by atoms with Crippen LogP contribution in [0.25, 0.3) is 42.4 Å². The van der Waals surface area contributed by atoms with Crippen LogP contribution in [0.3, 0.4) is 0 Å². The lowest BCUT2D eigenvalue weighted by molar-refractivity contribution is 0.436. The van der Waals surface area contributed by atoms with Crippen molar-refractivity contribution in [3.05, 3.63) is 264 Å². The number of anilines is 6. The quantitative estimate of drug-likeness (QED) is 0.165. The van der Waals surface area contributed by atoms with Crippen molar-refractivity contribution in [1.82, 2.24) is 0 Å². The molecule has 4 heteroatoms. The molecule has 68 heavy (non-hydrogen) atoms. The molecule has 2 heterocycles. The first-order valence-corrected chi connectivity index (χ1v) is 24.3. The van der Waals surface area contributed by atoms with Gasteiger partial charge < -0.3 is 14.5 Å². The number of hydrogen-bond acceptors (Lipinski definition) is 4. The van der Waals surface area contributed by atoms with Gasteiger partial charge in [0, 0.05) is 65.2 Å². The number of nitrogens with zero attached hydrogens (tertiary/aromatic N) is 2. The molecule has 0 unspecified atom stereocenters. The van der Waals surface area contributed by atoms with Crippen molar-refractivity contribution in [1.29, 1.82) is 0 Å². The molecule has 0 atom stereocenters. The van der Waals surface area contributed by atoms with Crippen LogP contribution >= 0.6 is 11.3 Å². The van der Waals surface area contributed by atoms with E-state index in [0.29, 0.717) is 0 Å². The Kier molecular flexibility index (Phi) is 8.41. The van der Waals surface area contributed by atoms with Crippen LogP contribution in [0.1, 0.15) is 47.2 Å². The fraction of sp³-hybridized carbons (Fsp3) is 0.0625. The summed E-state index contributed by atoms with van der Waals surface area (Å²) in [4.78, 5) is 4.95. The van der Waals surface area contributed by atoms with E-state index in [4.69, 9.17) is 4.74 Å². The third-order valence-corrected chi connectivity index (χ3v) is 16.0. The highest BCUT2D eigenvalue weighted by atomic mass is 32.1. The smallest absolute Gasteiger partial charge is 0.132 e. The van der Waals surface area contributed by atoms with E-state index in [1.807, 2.05) is 11.3 Å². The Morgan fingerprint density at radius 1 is 0.353 bits per heavy atom. The molecular formula is C64H44N2OS. The van der Waals surface area contributed by atoms with Gasteiger partial charge in [0.15, 0.2) is 0 Å². The average Bonchev–Trinajstić information content (AvgIpc) is 3.98. The van der Waals surface area contributed by atoms with Gasteiger partial charge in [-0.2, -0.15) is 0 Å². The second-order valence-electron chi connectivity index (χ2n) is 18.8. The second-order valence-corrected chi connectivity index (χ2v) is 19.9. The van der Waals surface area contributed by atoms with Crippen molar-refractivity contribution in [2.45, 2.75) is 24.7 Å². The summed E-state index contributed by atoms with van der Waals surface area (Å²) >= 11 is 1.86. The summed E-state index contributed by atoms with van der Waals surface area (Å²) in [5, 5.41) is 2.50. The molecule has 0 saturated carbocycles. The second kappa shape index (κ2) is 14.7. The molecule has 0 amide bonds. The number of benzene rings is 10. The highest BCUT2D eigenvalue weighted by molar-refractivity contribution is 7.26. The summed E-state index contributed by atoms with van der Waals surface area (Å²) in [6.45, 7) is 4.74. The predicted octanol–water partition coefficient (Wildman–Crippen LogP) is 17.8. The van der Waals surface area contributed by atoms with Crippen LogP contribution in [0.15, 0.2) is 231 Å². The Bertz CT molecular complexity index is 3790. The topological polar surface area (TPSA) is 15.7 Å². The third kappa shape index (κ3) is 5.46. The lowest BCUT2D eigenvalue weighted by Crippen LogP contribution is -2.32. The summed E-state index contributed by atoms with van der Waals surface area (Å²) in [6, 6.07) is 84.9. The summed E-state index contributed by atoms with van der Waals surface area (Å²) in [5.74, 6) is 1.79. The molecule has 0 N–H and O–H groups in total. The highest BCUT2D eigenvalue weighted by Crippen LogP contribution is 2.63. The van der Waals surface area contributed by atoms with Gasteiger partial charge in [0.05, 0.1) is 11.1 Å². The molecule has 1 spiro atoms. The molecule has 3 nitrogen and oxygen atoms in total. The van der Waals surface area contributed by atoms with Gasteiger partial charge in [-0.15, -0.1) is 11.3 Å². The van der Waals surface area contributed by atoms with Crippen LogP contribution in [0.2, 0.25) is 0 Å². The first kappa shape index (κ1) is 39.0. The molecule has 1 aliphatic heterocycles. The fourth-order valence-corrected chi connectivity index (χ4v) is 13.1. The minimum Gasteiger partial charge on any atom is -0.457 e. The minimum absolute atomic E-state index is 0.153. The van der Waals surface area contributed by atoms with Gasteiger partial charge in [-0.3, -0.25) is 0 Å². The van der Waals surface area contributed by atoms with Crippen LogP contribution in [0.4, 0.5) is 34.1 Å². The number of hydrogen-bond donors (Lipinski definition) is 0. The Labute approximate surface area is 400 Å². The van der Waals surface area contributed by atoms with Crippen molar-refractivity contribution in [3.63, 3.8) is 0 Å². The molecular weight excluding hydrogens is 845 g/mol. The minimum atomic E-state index is -0.543. The molecule has 1 aromatic heterocycles. The zero-order valence-corrected chi connectivity index (χ0v) is 38.5. The van der Waals surface area contributed by atoms with Gasteiger partial charge in [0.2, 0.25) is 0 Å². The van der Waals surface area contributed by atoms with Gasteiger partial charge in [0.25, 0.3) is 0 Å². The van der Waals surface area contributed by atoms with Crippen LogP contribution in [0.5, 0.6) is 11.5 Å². The standard InChI is InChI=1S/C64H44N2OS/c1-63(2)51-26-12-9-23-46(51)48-35-33-44(38-56(48)63)66(42-21-7-4-8-22-42)57-39-45(40-61-62(57)49-25-11-18-32-60(49)68-61)65(41-19-5-3-6-20-41)43-34-36-53-50(37-43)47-24-10-13-27-52(47)64(53)54-28-14-16-30-58(54)67-59-31-17-15-29-55(59)64/h3-40H,1-2H3. The van der Waals surface area contributed by atoms with E-state index in [9.17, 15) is 0 Å². The van der Waals surface area contributed by atoms with Crippen molar-refractivity contribution in [2.75, 3.05) is 9.80 Å². The molecule has 0 bridgehead atoms. The molecule has 0 radical (unpaired) electrons. The maximum Gasteiger partial charge on any atom is 0.132 e. The van der Waals surface area contributed by atoms with Crippen molar-refractivity contribution in [2.24, 2.45) is 0 Å². The largest absolute Gasteiger partial charge is 0.457 e. The fourth-order valence-electron chi connectivity index (χ4n) is 12.0. The van der Waals surface area contributed by atoms with Gasteiger partial charge in [-0.25, -0.2) is 0 Å². The SMILES string of the molecule is CC1(C)c2ccccc2-c2ccc(N(c3ccccc3)c3cc(N(c4ccccc4)c4ccc5c(c4)-c4ccccc4C54c5ccccc5Oc5ccccc54)cc4sc5ccccc5c34)cc21. The average molecular weight is 889 g/mol.